The Labute approximate surface area is 112 Å². The molecule has 7 heteroatoms. The van der Waals surface area contributed by atoms with Gasteiger partial charge in [-0.05, 0) is 24.3 Å². The zero-order valence-electron chi connectivity index (χ0n) is 9.45. The van der Waals surface area contributed by atoms with Gasteiger partial charge in [-0.2, -0.15) is 0 Å². The van der Waals surface area contributed by atoms with Gasteiger partial charge in [-0.15, -0.1) is 0 Å². The van der Waals surface area contributed by atoms with Gasteiger partial charge in [0.1, 0.15) is 0 Å². The minimum Gasteiger partial charge on any atom is -0.431 e. The van der Waals surface area contributed by atoms with Crippen LogP contribution in [-0.2, 0) is 0 Å². The molecule has 0 atom stereocenters. The molecule has 0 spiro atoms. The van der Waals surface area contributed by atoms with E-state index in [-0.39, 0.29) is 27.9 Å². The van der Waals surface area contributed by atoms with E-state index in [9.17, 15) is 14.9 Å². The van der Waals surface area contributed by atoms with E-state index in [1.54, 1.807) is 6.07 Å². The fourth-order valence-corrected chi connectivity index (χ4v) is 1.57. The van der Waals surface area contributed by atoms with Crippen molar-refractivity contribution in [1.29, 1.82) is 0 Å². The number of carbonyl (C=O) groups excluding carboxylic acids is 1. The van der Waals surface area contributed by atoms with Crippen LogP contribution in [0.25, 0.3) is 0 Å². The number of halogens is 1. The van der Waals surface area contributed by atoms with E-state index >= 15 is 0 Å². The average molecular weight is 279 g/mol. The molecule has 2 rings (SSSR count). The maximum absolute atomic E-state index is 10.9. The highest BCUT2D eigenvalue weighted by Crippen LogP contribution is 2.33. The molecule has 0 fully saturated rings. The number of benzene rings is 1. The molecular weight excluding hydrogens is 272 g/mol. The third kappa shape index (κ3) is 2.86. The second-order valence-electron chi connectivity index (χ2n) is 3.49. The van der Waals surface area contributed by atoms with Crippen LogP contribution < -0.4 is 4.74 Å². The van der Waals surface area contributed by atoms with Gasteiger partial charge < -0.3 is 4.74 Å². The molecule has 0 bridgehead atoms. The van der Waals surface area contributed by atoms with Crippen LogP contribution in [0, 0.1) is 10.1 Å². The number of carbonyl (C=O) groups is 1. The molecule has 0 amide bonds. The van der Waals surface area contributed by atoms with Gasteiger partial charge in [0.15, 0.2) is 6.29 Å². The topological polar surface area (TPSA) is 82.3 Å². The molecule has 0 unspecified atom stereocenters. The van der Waals surface area contributed by atoms with Crippen molar-refractivity contribution in [3.63, 3.8) is 0 Å². The summed E-state index contributed by atoms with van der Waals surface area (Å²) in [5.41, 5.74) is -0.0956. The summed E-state index contributed by atoms with van der Waals surface area (Å²) in [6.07, 6.45) is 1.98. The molecule has 19 heavy (non-hydrogen) atoms. The van der Waals surface area contributed by atoms with Gasteiger partial charge >= 0.3 is 5.69 Å². The van der Waals surface area contributed by atoms with E-state index in [4.69, 9.17) is 16.3 Å². The number of nitrogens with zero attached hydrogens (tertiary/aromatic N) is 2. The quantitative estimate of drug-likeness (QED) is 0.487. The highest BCUT2D eigenvalue weighted by molar-refractivity contribution is 6.30. The number of nitro benzene ring substituents is 1. The number of aromatic nitrogens is 1. The fourth-order valence-electron chi connectivity index (χ4n) is 1.40. The largest absolute Gasteiger partial charge is 0.431 e. The first-order valence-corrected chi connectivity index (χ1v) is 5.51. The molecular formula is C12H7ClN2O4. The van der Waals surface area contributed by atoms with Crippen LogP contribution in [0.2, 0.25) is 5.02 Å². The van der Waals surface area contributed by atoms with Gasteiger partial charge in [-0.25, -0.2) is 4.98 Å². The molecule has 0 radical (unpaired) electrons. The number of rotatable bonds is 4. The molecule has 1 heterocycles. The Morgan fingerprint density at radius 2 is 2.16 bits per heavy atom. The lowest BCUT2D eigenvalue weighted by Crippen LogP contribution is -1.97. The monoisotopic (exact) mass is 278 g/mol. The van der Waals surface area contributed by atoms with Gasteiger partial charge in [-0.3, -0.25) is 14.9 Å². The maximum atomic E-state index is 10.9. The Bertz CT molecular complexity index is 645. The summed E-state index contributed by atoms with van der Waals surface area (Å²) in [4.78, 5) is 24.9. The SMILES string of the molecule is O=Cc1cccnc1Oc1ccc(Cl)cc1[N+](=O)[O-]. The Morgan fingerprint density at radius 3 is 2.84 bits per heavy atom. The van der Waals surface area contributed by atoms with Crippen LogP contribution in [0.3, 0.4) is 0 Å². The normalized spacial score (nSPS) is 9.95. The van der Waals surface area contributed by atoms with Crippen molar-refractivity contribution in [2.45, 2.75) is 0 Å². The molecule has 96 valence electrons. The molecule has 0 saturated carbocycles. The van der Waals surface area contributed by atoms with Crippen molar-refractivity contribution >= 4 is 23.6 Å². The van der Waals surface area contributed by atoms with Crippen LogP contribution in [0.5, 0.6) is 11.6 Å². The predicted octanol–water partition coefficient (Wildman–Crippen LogP) is 3.25. The number of pyridine rings is 1. The third-order valence-corrected chi connectivity index (χ3v) is 2.49. The second-order valence-corrected chi connectivity index (χ2v) is 3.92. The third-order valence-electron chi connectivity index (χ3n) is 2.25. The van der Waals surface area contributed by atoms with Crippen LogP contribution in [0.1, 0.15) is 10.4 Å². The predicted molar refractivity (Wildman–Crippen MR) is 67.8 cm³/mol. The van der Waals surface area contributed by atoms with Gasteiger partial charge in [0.05, 0.1) is 10.5 Å². The van der Waals surface area contributed by atoms with Gasteiger partial charge in [0, 0.05) is 17.3 Å². The van der Waals surface area contributed by atoms with Crippen LogP contribution in [0.4, 0.5) is 5.69 Å². The first-order chi connectivity index (χ1) is 9.11. The van der Waals surface area contributed by atoms with Crippen molar-refractivity contribution in [3.8, 4) is 11.6 Å². The lowest BCUT2D eigenvalue weighted by Gasteiger charge is -2.06. The Kier molecular flexibility index (Phi) is 3.72. The Morgan fingerprint density at radius 1 is 1.37 bits per heavy atom. The van der Waals surface area contributed by atoms with Crippen LogP contribution in [-0.4, -0.2) is 16.2 Å². The van der Waals surface area contributed by atoms with Crippen molar-refractivity contribution in [2.24, 2.45) is 0 Å². The lowest BCUT2D eigenvalue weighted by atomic mass is 10.3. The van der Waals surface area contributed by atoms with E-state index < -0.39 is 4.92 Å². The zero-order chi connectivity index (χ0) is 13.8. The molecule has 0 aliphatic rings. The smallest absolute Gasteiger partial charge is 0.313 e. The number of hydrogen-bond acceptors (Lipinski definition) is 5. The van der Waals surface area contributed by atoms with Gasteiger partial charge in [0.2, 0.25) is 11.6 Å². The summed E-state index contributed by atoms with van der Waals surface area (Å²) in [5.74, 6) is -0.0286. The fraction of sp³-hybridized carbons (Fsp3) is 0. The van der Waals surface area contributed by atoms with Crippen molar-refractivity contribution in [1.82, 2.24) is 4.98 Å². The van der Waals surface area contributed by atoms with Crippen LogP contribution in [0.15, 0.2) is 36.5 Å². The number of ether oxygens (including phenoxy) is 1. The molecule has 6 nitrogen and oxygen atoms in total. The molecule has 0 aliphatic heterocycles. The van der Waals surface area contributed by atoms with Crippen molar-refractivity contribution in [3.05, 3.63) is 57.2 Å². The van der Waals surface area contributed by atoms with E-state index in [0.29, 0.717) is 6.29 Å². The maximum Gasteiger partial charge on any atom is 0.313 e. The Hall–Kier alpha value is -2.47. The summed E-state index contributed by atoms with van der Waals surface area (Å²) in [6.45, 7) is 0. The molecule has 0 saturated heterocycles. The number of hydrogen-bond donors (Lipinski definition) is 0. The van der Waals surface area contributed by atoms with E-state index in [0.717, 1.165) is 0 Å². The lowest BCUT2D eigenvalue weighted by molar-refractivity contribution is -0.385. The summed E-state index contributed by atoms with van der Waals surface area (Å²) in [7, 11) is 0. The highest BCUT2D eigenvalue weighted by Gasteiger charge is 2.18. The summed E-state index contributed by atoms with van der Waals surface area (Å²) >= 11 is 5.69. The average Bonchev–Trinajstić information content (AvgIpc) is 2.41. The minimum atomic E-state index is -0.620. The second kappa shape index (κ2) is 5.45. The molecule has 1 aromatic heterocycles. The summed E-state index contributed by atoms with van der Waals surface area (Å²) < 4.78 is 5.31. The standard InChI is InChI=1S/C12H7ClN2O4/c13-9-3-4-11(10(6-9)15(17)18)19-12-8(7-16)2-1-5-14-12/h1-7H. The number of aldehydes is 1. The molecule has 0 N–H and O–H groups in total. The zero-order valence-corrected chi connectivity index (χ0v) is 10.2. The number of nitro groups is 1. The highest BCUT2D eigenvalue weighted by atomic mass is 35.5. The van der Waals surface area contributed by atoms with Crippen molar-refractivity contribution < 1.29 is 14.5 Å². The molecule has 1 aromatic carbocycles. The summed E-state index contributed by atoms with van der Waals surface area (Å²) in [5, 5.41) is 11.1. The summed E-state index contributed by atoms with van der Waals surface area (Å²) in [6, 6.07) is 7.03. The first-order valence-electron chi connectivity index (χ1n) is 5.14. The Balaban J connectivity index is 2.43. The van der Waals surface area contributed by atoms with Crippen LogP contribution >= 0.6 is 11.6 Å². The molecule has 2 aromatic rings. The first kappa shape index (κ1) is 13.0. The van der Waals surface area contributed by atoms with E-state index in [1.165, 1.54) is 30.5 Å². The van der Waals surface area contributed by atoms with Gasteiger partial charge in [-0.1, -0.05) is 11.6 Å². The van der Waals surface area contributed by atoms with E-state index in [1.807, 2.05) is 0 Å². The van der Waals surface area contributed by atoms with Gasteiger partial charge in [0.25, 0.3) is 0 Å². The van der Waals surface area contributed by atoms with E-state index in [2.05, 4.69) is 4.98 Å². The minimum absolute atomic E-state index is 0.00271. The molecule has 0 aliphatic carbocycles. The van der Waals surface area contributed by atoms with Crippen molar-refractivity contribution in [2.75, 3.05) is 0 Å².